The summed E-state index contributed by atoms with van der Waals surface area (Å²) < 4.78 is 19.3. The molecule has 0 saturated heterocycles. The van der Waals surface area contributed by atoms with E-state index in [4.69, 9.17) is 16.3 Å². The molecule has 0 bridgehead atoms. The summed E-state index contributed by atoms with van der Waals surface area (Å²) in [4.78, 5) is 0. The SMILES string of the molecule is COc1ccc(CNc2ccc(Br)cc2Cl)cc1F. The minimum atomic E-state index is -0.372. The highest BCUT2D eigenvalue weighted by Crippen LogP contribution is 2.26. The normalized spacial score (nSPS) is 10.3. The van der Waals surface area contributed by atoms with Crippen LogP contribution in [0.4, 0.5) is 10.1 Å². The van der Waals surface area contributed by atoms with Crippen LogP contribution in [-0.2, 0) is 6.54 Å². The van der Waals surface area contributed by atoms with Crippen LogP contribution >= 0.6 is 27.5 Å². The smallest absolute Gasteiger partial charge is 0.165 e. The summed E-state index contributed by atoms with van der Waals surface area (Å²) in [7, 11) is 1.44. The molecule has 0 unspecified atom stereocenters. The molecule has 0 atom stereocenters. The van der Waals surface area contributed by atoms with Crippen molar-refractivity contribution in [3.63, 3.8) is 0 Å². The molecule has 0 aliphatic rings. The summed E-state index contributed by atoms with van der Waals surface area (Å²) in [5.41, 5.74) is 1.62. The standard InChI is InChI=1S/C14H12BrClFNO/c1-19-14-5-2-9(6-12(14)17)8-18-13-4-3-10(15)7-11(13)16/h2-7,18H,8H2,1H3. The van der Waals surface area contributed by atoms with Crippen LogP contribution in [0.5, 0.6) is 5.75 Å². The Hall–Kier alpha value is -1.26. The molecular formula is C14H12BrClFNO. The van der Waals surface area contributed by atoms with Gasteiger partial charge in [0.2, 0.25) is 0 Å². The van der Waals surface area contributed by atoms with Crippen molar-refractivity contribution in [2.45, 2.75) is 6.54 Å². The molecule has 0 saturated carbocycles. The van der Waals surface area contributed by atoms with E-state index in [2.05, 4.69) is 21.2 Å². The first-order chi connectivity index (χ1) is 9.10. The van der Waals surface area contributed by atoms with Crippen molar-refractivity contribution in [3.8, 4) is 5.75 Å². The maximum Gasteiger partial charge on any atom is 0.165 e. The summed E-state index contributed by atoms with van der Waals surface area (Å²) in [6, 6.07) is 10.4. The molecule has 19 heavy (non-hydrogen) atoms. The fourth-order valence-corrected chi connectivity index (χ4v) is 2.39. The summed E-state index contributed by atoms with van der Waals surface area (Å²) in [6.45, 7) is 0.488. The first-order valence-electron chi connectivity index (χ1n) is 5.61. The highest BCUT2D eigenvalue weighted by Gasteiger charge is 2.04. The van der Waals surface area contributed by atoms with E-state index in [1.54, 1.807) is 12.1 Å². The number of methoxy groups -OCH3 is 1. The number of nitrogens with one attached hydrogen (secondary N) is 1. The molecule has 0 fully saturated rings. The second kappa shape index (κ2) is 6.26. The molecule has 5 heteroatoms. The van der Waals surface area contributed by atoms with Gasteiger partial charge in [-0.1, -0.05) is 33.6 Å². The molecule has 0 aliphatic carbocycles. The van der Waals surface area contributed by atoms with Gasteiger partial charge in [0.1, 0.15) is 0 Å². The van der Waals surface area contributed by atoms with Crippen molar-refractivity contribution >= 4 is 33.2 Å². The maximum absolute atomic E-state index is 13.5. The molecule has 2 aromatic rings. The molecule has 0 aliphatic heterocycles. The van der Waals surface area contributed by atoms with E-state index in [1.807, 2.05) is 18.2 Å². The molecule has 1 N–H and O–H groups in total. The third kappa shape index (κ3) is 3.61. The Labute approximate surface area is 124 Å². The van der Waals surface area contributed by atoms with Crippen LogP contribution in [0.25, 0.3) is 0 Å². The zero-order valence-corrected chi connectivity index (χ0v) is 12.6. The maximum atomic E-state index is 13.5. The van der Waals surface area contributed by atoms with Crippen molar-refractivity contribution in [1.82, 2.24) is 0 Å². The number of halogens is 3. The highest BCUT2D eigenvalue weighted by molar-refractivity contribution is 9.10. The van der Waals surface area contributed by atoms with E-state index in [9.17, 15) is 4.39 Å². The Kier molecular flexibility index (Phi) is 4.66. The van der Waals surface area contributed by atoms with Gasteiger partial charge in [-0.05, 0) is 35.9 Å². The number of ether oxygens (including phenoxy) is 1. The summed E-state index contributed by atoms with van der Waals surface area (Å²) in [6.07, 6.45) is 0. The number of rotatable bonds is 4. The number of benzene rings is 2. The van der Waals surface area contributed by atoms with Crippen molar-refractivity contribution in [1.29, 1.82) is 0 Å². The monoisotopic (exact) mass is 343 g/mol. The zero-order valence-electron chi connectivity index (χ0n) is 10.2. The van der Waals surface area contributed by atoms with E-state index in [0.717, 1.165) is 15.7 Å². The Morgan fingerprint density at radius 2 is 2.05 bits per heavy atom. The van der Waals surface area contributed by atoms with Gasteiger partial charge in [-0.2, -0.15) is 0 Å². The van der Waals surface area contributed by atoms with Crippen molar-refractivity contribution in [2.75, 3.05) is 12.4 Å². The van der Waals surface area contributed by atoms with E-state index in [0.29, 0.717) is 11.6 Å². The molecule has 0 aromatic heterocycles. The Balaban J connectivity index is 2.08. The predicted molar refractivity (Wildman–Crippen MR) is 79.4 cm³/mol. The Morgan fingerprint density at radius 3 is 2.68 bits per heavy atom. The van der Waals surface area contributed by atoms with E-state index in [-0.39, 0.29) is 11.6 Å². The Morgan fingerprint density at radius 1 is 1.26 bits per heavy atom. The first kappa shape index (κ1) is 14.2. The Bertz CT molecular complexity index is 592. The molecule has 100 valence electrons. The van der Waals surface area contributed by atoms with Crippen molar-refractivity contribution in [2.24, 2.45) is 0 Å². The third-order valence-corrected chi connectivity index (χ3v) is 3.44. The van der Waals surface area contributed by atoms with Crippen LogP contribution in [0.3, 0.4) is 0 Å². The lowest BCUT2D eigenvalue weighted by Crippen LogP contribution is -2.01. The van der Waals surface area contributed by atoms with Crippen LogP contribution in [0.2, 0.25) is 5.02 Å². The van der Waals surface area contributed by atoms with E-state index in [1.165, 1.54) is 13.2 Å². The average molecular weight is 345 g/mol. The van der Waals surface area contributed by atoms with Crippen molar-refractivity contribution in [3.05, 3.63) is 57.3 Å². The van der Waals surface area contributed by atoms with Gasteiger partial charge < -0.3 is 10.1 Å². The minimum Gasteiger partial charge on any atom is -0.494 e. The van der Waals surface area contributed by atoms with Gasteiger partial charge >= 0.3 is 0 Å². The van der Waals surface area contributed by atoms with Crippen LogP contribution in [0, 0.1) is 5.82 Å². The molecule has 0 radical (unpaired) electrons. The minimum absolute atomic E-state index is 0.241. The van der Waals surface area contributed by atoms with Crippen molar-refractivity contribution < 1.29 is 9.13 Å². The van der Waals surface area contributed by atoms with Crippen LogP contribution < -0.4 is 10.1 Å². The number of hydrogen-bond donors (Lipinski definition) is 1. The van der Waals surface area contributed by atoms with E-state index >= 15 is 0 Å². The second-order valence-corrected chi connectivity index (χ2v) is 5.27. The molecule has 0 amide bonds. The van der Waals surface area contributed by atoms with Crippen LogP contribution in [-0.4, -0.2) is 7.11 Å². The lowest BCUT2D eigenvalue weighted by atomic mass is 10.2. The molecule has 2 aromatic carbocycles. The zero-order chi connectivity index (χ0) is 13.8. The quantitative estimate of drug-likeness (QED) is 0.855. The topological polar surface area (TPSA) is 21.3 Å². The second-order valence-electron chi connectivity index (χ2n) is 3.95. The summed E-state index contributed by atoms with van der Waals surface area (Å²) in [5, 5.41) is 3.78. The molecule has 2 nitrogen and oxygen atoms in total. The highest BCUT2D eigenvalue weighted by atomic mass is 79.9. The van der Waals surface area contributed by atoms with Crippen LogP contribution in [0.1, 0.15) is 5.56 Å². The number of anilines is 1. The van der Waals surface area contributed by atoms with Gasteiger partial charge in [0.15, 0.2) is 11.6 Å². The summed E-state index contributed by atoms with van der Waals surface area (Å²) >= 11 is 9.43. The van der Waals surface area contributed by atoms with Gasteiger partial charge in [-0.3, -0.25) is 0 Å². The third-order valence-electron chi connectivity index (χ3n) is 2.63. The fraction of sp³-hybridized carbons (Fsp3) is 0.143. The average Bonchev–Trinajstić information content (AvgIpc) is 2.38. The first-order valence-corrected chi connectivity index (χ1v) is 6.78. The number of hydrogen-bond acceptors (Lipinski definition) is 2. The lowest BCUT2D eigenvalue weighted by Gasteiger charge is -2.10. The van der Waals surface area contributed by atoms with Gasteiger partial charge in [0, 0.05) is 11.0 Å². The molecular weight excluding hydrogens is 333 g/mol. The van der Waals surface area contributed by atoms with Gasteiger partial charge in [0.05, 0.1) is 17.8 Å². The van der Waals surface area contributed by atoms with Gasteiger partial charge in [0.25, 0.3) is 0 Å². The summed E-state index contributed by atoms with van der Waals surface area (Å²) in [5.74, 6) is -0.130. The van der Waals surface area contributed by atoms with Gasteiger partial charge in [-0.15, -0.1) is 0 Å². The van der Waals surface area contributed by atoms with Gasteiger partial charge in [-0.25, -0.2) is 4.39 Å². The fourth-order valence-electron chi connectivity index (χ4n) is 1.65. The largest absolute Gasteiger partial charge is 0.494 e. The predicted octanol–water partition coefficient (Wildman–Crippen LogP) is 4.86. The van der Waals surface area contributed by atoms with E-state index < -0.39 is 0 Å². The van der Waals surface area contributed by atoms with Crippen LogP contribution in [0.15, 0.2) is 40.9 Å². The molecule has 0 heterocycles. The molecule has 2 rings (SSSR count). The molecule has 0 spiro atoms. The lowest BCUT2D eigenvalue weighted by molar-refractivity contribution is 0.386.